The number of alkyl halides is 2. The Morgan fingerprint density at radius 2 is 2.03 bits per heavy atom. The van der Waals surface area contributed by atoms with Crippen molar-refractivity contribution in [3.8, 4) is 5.75 Å². The Labute approximate surface area is 168 Å². The molecule has 154 valence electrons. The summed E-state index contributed by atoms with van der Waals surface area (Å²) < 4.78 is 38.9. The Morgan fingerprint density at radius 1 is 1.17 bits per heavy atom. The number of benzene rings is 1. The zero-order valence-corrected chi connectivity index (χ0v) is 16.3. The van der Waals surface area contributed by atoms with Crippen LogP contribution in [-0.2, 0) is 25.9 Å². The molecule has 2 aromatic heterocycles. The van der Waals surface area contributed by atoms with E-state index < -0.39 is 6.43 Å². The number of fused-ring (bicyclic) bond motifs is 2. The first-order valence-corrected chi connectivity index (χ1v) is 10.4. The van der Waals surface area contributed by atoms with E-state index >= 15 is 0 Å². The van der Waals surface area contributed by atoms with Gasteiger partial charge in [0.25, 0.3) is 6.43 Å². The highest BCUT2D eigenvalue weighted by Gasteiger charge is 2.26. The number of rotatable bonds is 6. The highest BCUT2D eigenvalue weighted by atomic mass is 19.3. The number of aryl methyl sites for hydroxylation is 1. The van der Waals surface area contributed by atoms with Crippen LogP contribution in [0.2, 0.25) is 0 Å². The van der Waals surface area contributed by atoms with Crippen molar-refractivity contribution >= 4 is 10.9 Å². The van der Waals surface area contributed by atoms with Crippen LogP contribution >= 0.6 is 0 Å². The van der Waals surface area contributed by atoms with Gasteiger partial charge in [0.1, 0.15) is 23.3 Å². The molecule has 7 heteroatoms. The van der Waals surface area contributed by atoms with Crippen LogP contribution in [0.3, 0.4) is 0 Å². The van der Waals surface area contributed by atoms with Crippen LogP contribution in [0.1, 0.15) is 36.3 Å². The first-order chi connectivity index (χ1) is 14.2. The van der Waals surface area contributed by atoms with Crippen molar-refractivity contribution in [2.75, 3.05) is 13.1 Å². The molecule has 0 atom stereocenters. The standard InChI is InChI=1S/C22H25F2N3O2/c23-22(24)14-27-12-9-17-19(27)4-2-5-20(17)28-15-7-10-26(11-8-15)13-18-16-3-1-6-21(16)29-25-18/h2,4-5,9,12,15,22H,1,3,6-8,10-11,13-14H2. The summed E-state index contributed by atoms with van der Waals surface area (Å²) in [6.07, 6.45) is 4.63. The lowest BCUT2D eigenvalue weighted by atomic mass is 10.1. The zero-order valence-electron chi connectivity index (χ0n) is 16.3. The summed E-state index contributed by atoms with van der Waals surface area (Å²) in [5.41, 5.74) is 3.21. The molecule has 5 rings (SSSR count). The third-order valence-electron chi connectivity index (χ3n) is 6.09. The number of ether oxygens (including phenoxy) is 1. The van der Waals surface area contributed by atoms with Gasteiger partial charge in [0.2, 0.25) is 0 Å². The lowest BCUT2D eigenvalue weighted by Crippen LogP contribution is -2.38. The Morgan fingerprint density at radius 3 is 2.86 bits per heavy atom. The summed E-state index contributed by atoms with van der Waals surface area (Å²) in [7, 11) is 0. The highest BCUT2D eigenvalue weighted by Crippen LogP contribution is 2.30. The van der Waals surface area contributed by atoms with Gasteiger partial charge in [0.15, 0.2) is 0 Å². The summed E-state index contributed by atoms with van der Waals surface area (Å²) in [4.78, 5) is 2.41. The molecule has 0 spiro atoms. The molecule has 0 saturated carbocycles. The minimum atomic E-state index is -2.37. The topological polar surface area (TPSA) is 43.4 Å². The van der Waals surface area contributed by atoms with Crippen LogP contribution in [0.15, 0.2) is 35.0 Å². The number of hydrogen-bond donors (Lipinski definition) is 0. The van der Waals surface area contributed by atoms with Gasteiger partial charge in [-0.3, -0.25) is 4.90 Å². The van der Waals surface area contributed by atoms with E-state index in [4.69, 9.17) is 9.26 Å². The van der Waals surface area contributed by atoms with Crippen LogP contribution in [0.4, 0.5) is 8.78 Å². The smallest absolute Gasteiger partial charge is 0.256 e. The third kappa shape index (κ3) is 3.75. The molecule has 29 heavy (non-hydrogen) atoms. The molecule has 0 radical (unpaired) electrons. The van der Waals surface area contributed by atoms with E-state index in [1.807, 2.05) is 24.3 Å². The number of aromatic nitrogens is 2. The summed E-state index contributed by atoms with van der Waals surface area (Å²) in [5.74, 6) is 1.85. The minimum absolute atomic E-state index is 0.137. The molecule has 3 heterocycles. The second-order valence-corrected chi connectivity index (χ2v) is 8.03. The van der Waals surface area contributed by atoms with Crippen molar-refractivity contribution in [1.82, 2.24) is 14.6 Å². The van der Waals surface area contributed by atoms with Gasteiger partial charge >= 0.3 is 0 Å². The Bertz CT molecular complexity index is 989. The Balaban J connectivity index is 1.21. The van der Waals surface area contributed by atoms with Crippen LogP contribution in [0, 0.1) is 0 Å². The molecule has 1 aliphatic heterocycles. The zero-order chi connectivity index (χ0) is 19.8. The first-order valence-electron chi connectivity index (χ1n) is 10.4. The van der Waals surface area contributed by atoms with Gasteiger partial charge in [-0.05, 0) is 43.9 Å². The van der Waals surface area contributed by atoms with Crippen LogP contribution < -0.4 is 4.74 Å². The molecule has 2 aliphatic rings. The monoisotopic (exact) mass is 401 g/mol. The lowest BCUT2D eigenvalue weighted by molar-refractivity contribution is 0.0965. The number of piperidine rings is 1. The normalized spacial score (nSPS) is 18.0. The maximum absolute atomic E-state index is 12.8. The lowest BCUT2D eigenvalue weighted by Gasteiger charge is -2.31. The van der Waals surface area contributed by atoms with Crippen LogP contribution in [-0.4, -0.2) is 40.2 Å². The van der Waals surface area contributed by atoms with E-state index in [9.17, 15) is 8.78 Å². The highest BCUT2D eigenvalue weighted by molar-refractivity contribution is 5.86. The summed E-state index contributed by atoms with van der Waals surface area (Å²) in [5, 5.41) is 5.17. The van der Waals surface area contributed by atoms with Crippen molar-refractivity contribution in [1.29, 1.82) is 0 Å². The van der Waals surface area contributed by atoms with Gasteiger partial charge in [0, 0.05) is 43.2 Å². The molecule has 0 unspecified atom stereocenters. The fourth-order valence-corrected chi connectivity index (χ4v) is 4.59. The minimum Gasteiger partial charge on any atom is -0.490 e. The predicted octanol–water partition coefficient (Wildman–Crippen LogP) is 4.43. The molecule has 0 N–H and O–H groups in total. The molecule has 1 aliphatic carbocycles. The fourth-order valence-electron chi connectivity index (χ4n) is 4.59. The quantitative estimate of drug-likeness (QED) is 0.613. The maximum Gasteiger partial charge on any atom is 0.256 e. The van der Waals surface area contributed by atoms with Crippen LogP contribution in [0.25, 0.3) is 10.9 Å². The van der Waals surface area contributed by atoms with Crippen molar-refractivity contribution in [2.45, 2.75) is 57.7 Å². The summed E-state index contributed by atoms with van der Waals surface area (Å²) in [6, 6.07) is 7.54. The molecule has 1 fully saturated rings. The molecular formula is C22H25F2N3O2. The van der Waals surface area contributed by atoms with Crippen molar-refractivity contribution < 1.29 is 18.0 Å². The van der Waals surface area contributed by atoms with E-state index in [2.05, 4.69) is 10.1 Å². The van der Waals surface area contributed by atoms with E-state index in [1.165, 1.54) is 12.0 Å². The van der Waals surface area contributed by atoms with Gasteiger partial charge in [0.05, 0.1) is 12.1 Å². The number of likely N-dealkylation sites (tertiary alicyclic amines) is 1. The largest absolute Gasteiger partial charge is 0.490 e. The molecule has 1 saturated heterocycles. The van der Waals surface area contributed by atoms with Gasteiger partial charge in [-0.15, -0.1) is 0 Å². The third-order valence-corrected chi connectivity index (χ3v) is 6.09. The average molecular weight is 401 g/mol. The van der Waals surface area contributed by atoms with E-state index in [1.54, 1.807) is 10.8 Å². The fraction of sp³-hybridized carbons (Fsp3) is 0.500. The van der Waals surface area contributed by atoms with Crippen molar-refractivity contribution in [3.05, 3.63) is 47.5 Å². The second kappa shape index (κ2) is 7.78. The molecule has 3 aromatic rings. The Hall–Kier alpha value is -2.41. The summed E-state index contributed by atoms with van der Waals surface area (Å²) >= 11 is 0. The summed E-state index contributed by atoms with van der Waals surface area (Å²) in [6.45, 7) is 2.46. The molecular weight excluding hydrogens is 376 g/mol. The van der Waals surface area contributed by atoms with Gasteiger partial charge < -0.3 is 13.8 Å². The number of halogens is 2. The van der Waals surface area contributed by atoms with E-state index in [-0.39, 0.29) is 12.6 Å². The molecule has 1 aromatic carbocycles. The Kier molecular flexibility index (Phi) is 4.99. The predicted molar refractivity (Wildman–Crippen MR) is 105 cm³/mol. The molecule has 0 amide bonds. The van der Waals surface area contributed by atoms with Gasteiger partial charge in [-0.25, -0.2) is 8.78 Å². The second-order valence-electron chi connectivity index (χ2n) is 8.03. The number of nitrogens with zero attached hydrogens (tertiary/aromatic N) is 3. The van der Waals surface area contributed by atoms with Crippen molar-refractivity contribution in [3.63, 3.8) is 0 Å². The van der Waals surface area contributed by atoms with Crippen molar-refractivity contribution in [2.24, 2.45) is 0 Å². The van der Waals surface area contributed by atoms with Gasteiger partial charge in [-0.1, -0.05) is 11.2 Å². The molecule has 5 nitrogen and oxygen atoms in total. The van der Waals surface area contributed by atoms with E-state index in [0.717, 1.165) is 73.4 Å². The maximum atomic E-state index is 12.8. The van der Waals surface area contributed by atoms with Crippen LogP contribution in [0.5, 0.6) is 5.75 Å². The first kappa shape index (κ1) is 18.6. The van der Waals surface area contributed by atoms with E-state index in [0.29, 0.717) is 0 Å². The van der Waals surface area contributed by atoms with Gasteiger partial charge in [-0.2, -0.15) is 0 Å². The molecule has 0 bridgehead atoms. The SMILES string of the molecule is FC(F)Cn1ccc2c(OC3CCN(Cc4noc5c4CCC5)CC3)cccc21. The number of hydrogen-bond acceptors (Lipinski definition) is 4. The average Bonchev–Trinajstić information content (AvgIpc) is 3.41.